The highest BCUT2D eigenvalue weighted by atomic mass is 32.2. The van der Waals surface area contributed by atoms with Crippen LogP contribution < -0.4 is 14.5 Å². The number of anilines is 2. The number of amides is 1. The third-order valence-corrected chi connectivity index (χ3v) is 8.77. The van der Waals surface area contributed by atoms with Crippen molar-refractivity contribution < 1.29 is 35.7 Å². The predicted molar refractivity (Wildman–Crippen MR) is 155 cm³/mol. The Hall–Kier alpha value is -3.73. The second-order valence-corrected chi connectivity index (χ2v) is 12.4. The van der Waals surface area contributed by atoms with Gasteiger partial charge in [-0.2, -0.15) is 26.9 Å². The molecule has 2 atom stereocenters. The number of thiol groups is 1. The molecule has 1 saturated heterocycles. The number of carbonyl (C=O) groups excluding carboxylic acids is 1. The summed E-state index contributed by atoms with van der Waals surface area (Å²) in [6.07, 6.45) is -4.79. The molecule has 1 aliphatic heterocycles. The Balaban J connectivity index is 1.52. The van der Waals surface area contributed by atoms with Crippen molar-refractivity contribution in [2.75, 3.05) is 16.4 Å². The van der Waals surface area contributed by atoms with Crippen molar-refractivity contribution in [3.05, 3.63) is 89.0 Å². The first kappa shape index (κ1) is 31.2. The Kier molecular flexibility index (Phi) is 8.55. The maximum atomic E-state index is 13.6. The number of rotatable bonds is 8. The first-order valence-electron chi connectivity index (χ1n) is 12.7. The van der Waals surface area contributed by atoms with Crippen molar-refractivity contribution >= 4 is 40.0 Å². The van der Waals surface area contributed by atoms with E-state index in [0.29, 0.717) is 17.0 Å². The highest BCUT2D eigenvalue weighted by molar-refractivity contribution is 7.86. The molecule has 4 rings (SSSR count). The summed E-state index contributed by atoms with van der Waals surface area (Å²) in [4.78, 5) is 16.2. The average Bonchev–Trinajstić information content (AvgIpc) is 3.09. The van der Waals surface area contributed by atoms with Gasteiger partial charge < -0.3 is 9.64 Å². The number of carbonyl (C=O) groups is 1. The average molecular weight is 620 g/mol. The molecule has 0 bridgehead atoms. The van der Waals surface area contributed by atoms with Crippen LogP contribution in [0.1, 0.15) is 47.8 Å². The predicted octanol–water partition coefficient (Wildman–Crippen LogP) is 6.13. The van der Waals surface area contributed by atoms with Crippen LogP contribution in [0.15, 0.2) is 66.7 Å². The highest BCUT2D eigenvalue weighted by Gasteiger charge is 2.51. The molecule has 1 heterocycles. The van der Waals surface area contributed by atoms with Gasteiger partial charge >= 0.3 is 6.18 Å². The molecule has 8 nitrogen and oxygen atoms in total. The quantitative estimate of drug-likeness (QED) is 0.231. The molecular formula is C29H28F3N3O5S2. The molecule has 3 aromatic rings. The first-order chi connectivity index (χ1) is 19.6. The number of ether oxygens (including phenoxy) is 1. The Morgan fingerprint density at radius 2 is 1.67 bits per heavy atom. The van der Waals surface area contributed by atoms with E-state index in [2.05, 4.69) is 12.6 Å². The molecule has 222 valence electrons. The fraction of sp³-hybridized carbons (Fsp3) is 0.310. The molecule has 0 aromatic heterocycles. The number of hydrogen-bond donors (Lipinski definition) is 2. The summed E-state index contributed by atoms with van der Waals surface area (Å²) < 4.78 is 80.2. The fourth-order valence-electron chi connectivity index (χ4n) is 4.88. The Morgan fingerprint density at radius 1 is 1.07 bits per heavy atom. The minimum atomic E-state index is -4.79. The van der Waals surface area contributed by atoms with Gasteiger partial charge in [0.05, 0.1) is 23.8 Å². The second kappa shape index (κ2) is 11.5. The van der Waals surface area contributed by atoms with Crippen LogP contribution in [0.25, 0.3) is 0 Å². The maximum absolute atomic E-state index is 13.6. The van der Waals surface area contributed by atoms with Gasteiger partial charge in [0.25, 0.3) is 16.0 Å². The van der Waals surface area contributed by atoms with Crippen molar-refractivity contribution in [3.63, 3.8) is 0 Å². The molecule has 42 heavy (non-hydrogen) atoms. The van der Waals surface area contributed by atoms with E-state index in [1.807, 2.05) is 6.92 Å². The summed E-state index contributed by atoms with van der Waals surface area (Å²) in [7, 11) is -4.38. The molecule has 1 N–H and O–H groups in total. The van der Waals surface area contributed by atoms with Gasteiger partial charge in [-0.05, 0) is 68.8 Å². The normalized spacial score (nSPS) is 17.7. The second-order valence-electron chi connectivity index (χ2n) is 10.3. The third kappa shape index (κ3) is 6.21. The van der Waals surface area contributed by atoms with Gasteiger partial charge in [-0.25, -0.2) is 0 Å². The molecule has 1 aliphatic rings. The van der Waals surface area contributed by atoms with Gasteiger partial charge in [0.2, 0.25) is 0 Å². The lowest BCUT2D eigenvalue weighted by Gasteiger charge is -2.33. The third-order valence-electron chi connectivity index (χ3n) is 7.09. The number of nitrogens with zero attached hydrogens (tertiary/aromatic N) is 3. The van der Waals surface area contributed by atoms with Crippen molar-refractivity contribution in [1.29, 1.82) is 5.26 Å². The van der Waals surface area contributed by atoms with Crippen molar-refractivity contribution in [2.24, 2.45) is 0 Å². The SMILES string of the molecule is Cc1ccc(C(CCOc2ccc(N3C(S)N(c4ccc(C#N)c(C(F)(F)F)c4)C(=O)C3(C)C)cc2)S(=O)(=O)O)cc1. The van der Waals surface area contributed by atoms with Gasteiger partial charge in [0.15, 0.2) is 5.50 Å². The molecular weight excluding hydrogens is 591 g/mol. The lowest BCUT2D eigenvalue weighted by Crippen LogP contribution is -2.44. The zero-order valence-electron chi connectivity index (χ0n) is 22.8. The van der Waals surface area contributed by atoms with E-state index in [9.17, 15) is 30.9 Å². The van der Waals surface area contributed by atoms with E-state index in [1.165, 1.54) is 12.1 Å². The molecule has 13 heteroatoms. The van der Waals surface area contributed by atoms with Gasteiger partial charge in [-0.15, -0.1) is 12.6 Å². The Morgan fingerprint density at radius 3 is 2.21 bits per heavy atom. The summed E-state index contributed by atoms with van der Waals surface area (Å²) in [6, 6.07) is 17.9. The molecule has 1 fully saturated rings. The van der Waals surface area contributed by atoms with Crippen molar-refractivity contribution in [2.45, 2.75) is 49.7 Å². The van der Waals surface area contributed by atoms with Crippen LogP contribution in [0.4, 0.5) is 24.5 Å². The molecule has 0 saturated carbocycles. The van der Waals surface area contributed by atoms with E-state index < -0.39 is 49.6 Å². The topological polar surface area (TPSA) is 111 Å². The van der Waals surface area contributed by atoms with Crippen LogP contribution in [0, 0.1) is 18.3 Å². The van der Waals surface area contributed by atoms with Crippen LogP contribution in [0.5, 0.6) is 5.75 Å². The minimum absolute atomic E-state index is 0.00448. The number of hydrogen-bond acceptors (Lipinski definition) is 7. The van der Waals surface area contributed by atoms with Gasteiger partial charge in [-0.1, -0.05) is 29.8 Å². The van der Waals surface area contributed by atoms with E-state index in [4.69, 9.17) is 10.00 Å². The van der Waals surface area contributed by atoms with Crippen LogP contribution in [-0.4, -0.2) is 36.5 Å². The zero-order valence-corrected chi connectivity index (χ0v) is 24.5. The molecule has 1 amide bonds. The number of nitriles is 1. The standard InChI is InChI=1S/C29H28F3N3O5S2/c1-18-4-6-19(7-5-18)25(42(37,38)39)14-15-40-23-12-10-21(11-13-23)35-27(41)34(26(36)28(35,2)3)22-9-8-20(17-33)24(16-22)29(30,31)32/h4-13,16,25,27,41H,14-15H2,1-3H3,(H,37,38,39). The lowest BCUT2D eigenvalue weighted by atomic mass is 10.0. The molecule has 0 aliphatic carbocycles. The summed E-state index contributed by atoms with van der Waals surface area (Å²) in [5.41, 5.74) is -2.00. The van der Waals surface area contributed by atoms with Gasteiger partial charge in [0.1, 0.15) is 16.5 Å². The van der Waals surface area contributed by atoms with Crippen LogP contribution in [0.3, 0.4) is 0 Å². The van der Waals surface area contributed by atoms with E-state index in [-0.39, 0.29) is 18.7 Å². The van der Waals surface area contributed by atoms with Crippen molar-refractivity contribution in [1.82, 2.24) is 0 Å². The van der Waals surface area contributed by atoms with Crippen LogP contribution in [0.2, 0.25) is 0 Å². The fourth-order valence-corrected chi connectivity index (χ4v) is 6.44. The molecule has 2 unspecified atom stereocenters. The number of benzene rings is 3. The maximum Gasteiger partial charge on any atom is 0.417 e. The first-order valence-corrected chi connectivity index (χ1v) is 14.8. The monoisotopic (exact) mass is 619 g/mol. The van der Waals surface area contributed by atoms with Crippen LogP contribution >= 0.6 is 12.6 Å². The van der Waals surface area contributed by atoms with Gasteiger partial charge in [0, 0.05) is 17.8 Å². The smallest absolute Gasteiger partial charge is 0.417 e. The van der Waals surface area contributed by atoms with Crippen molar-refractivity contribution in [3.8, 4) is 11.8 Å². The summed E-state index contributed by atoms with van der Waals surface area (Å²) in [5, 5.41) is 7.95. The summed E-state index contributed by atoms with van der Waals surface area (Å²) in [6.45, 7) is 5.09. The molecule has 0 spiro atoms. The van der Waals surface area contributed by atoms with E-state index >= 15 is 0 Å². The number of aryl methyl sites for hydroxylation is 1. The summed E-state index contributed by atoms with van der Waals surface area (Å²) in [5.74, 6) is -0.0948. The lowest BCUT2D eigenvalue weighted by molar-refractivity contribution is -0.137. The summed E-state index contributed by atoms with van der Waals surface area (Å²) >= 11 is 4.58. The molecule has 3 aromatic carbocycles. The van der Waals surface area contributed by atoms with Gasteiger partial charge in [-0.3, -0.25) is 14.2 Å². The molecule has 0 radical (unpaired) electrons. The van der Waals surface area contributed by atoms with Crippen LogP contribution in [-0.2, 0) is 21.1 Å². The largest absolute Gasteiger partial charge is 0.494 e. The van der Waals surface area contributed by atoms with E-state index in [1.54, 1.807) is 67.3 Å². The number of alkyl halides is 3. The Bertz CT molecular complexity index is 1620. The Labute approximate surface area is 247 Å². The highest BCUT2D eigenvalue weighted by Crippen LogP contribution is 2.42. The zero-order chi connectivity index (χ0) is 31.0. The van der Waals surface area contributed by atoms with E-state index in [0.717, 1.165) is 22.6 Å². The number of halogens is 3. The minimum Gasteiger partial charge on any atom is -0.494 e.